The average molecular weight is 265 g/mol. The van der Waals surface area contributed by atoms with Crippen molar-refractivity contribution in [3.63, 3.8) is 0 Å². The van der Waals surface area contributed by atoms with Crippen LogP contribution in [0.5, 0.6) is 0 Å². The number of ether oxygens (including phenoxy) is 1. The Kier molecular flexibility index (Phi) is 3.14. The normalized spacial score (nSPS) is 33.9. The summed E-state index contributed by atoms with van der Waals surface area (Å²) in [6, 6.07) is 0.114. The van der Waals surface area contributed by atoms with Gasteiger partial charge in [0.2, 0.25) is 11.7 Å². The number of hydrogen-bond acceptors (Lipinski definition) is 5. The SMILES string of the molecule is COC1(c2noc(C3(C)CCCC3N)n2)CCCC1. The Hall–Kier alpha value is -0.940. The van der Waals surface area contributed by atoms with Crippen molar-refractivity contribution in [3.8, 4) is 0 Å². The van der Waals surface area contributed by atoms with Gasteiger partial charge in [0.1, 0.15) is 5.60 Å². The lowest BCUT2D eigenvalue weighted by Gasteiger charge is -2.25. The molecule has 2 N–H and O–H groups in total. The zero-order valence-corrected chi connectivity index (χ0v) is 11.8. The van der Waals surface area contributed by atoms with Crippen molar-refractivity contribution in [1.82, 2.24) is 10.1 Å². The standard InChI is InChI=1S/C14H23N3O2/c1-13(7-5-6-10(13)15)12-16-11(17-19-12)14(18-2)8-3-4-9-14/h10H,3-9,15H2,1-2H3. The number of nitrogens with zero attached hydrogens (tertiary/aromatic N) is 2. The molecule has 2 unspecified atom stereocenters. The Labute approximate surface area is 113 Å². The number of nitrogens with two attached hydrogens (primary N) is 1. The summed E-state index contributed by atoms with van der Waals surface area (Å²) in [4.78, 5) is 4.66. The van der Waals surface area contributed by atoms with Crippen molar-refractivity contribution in [3.05, 3.63) is 11.7 Å². The smallest absolute Gasteiger partial charge is 0.234 e. The van der Waals surface area contributed by atoms with Gasteiger partial charge in [-0.1, -0.05) is 11.6 Å². The van der Waals surface area contributed by atoms with Crippen LogP contribution in [0.15, 0.2) is 4.52 Å². The zero-order chi connectivity index (χ0) is 13.5. The van der Waals surface area contributed by atoms with Crippen LogP contribution >= 0.6 is 0 Å². The first-order valence-corrected chi connectivity index (χ1v) is 7.26. The second-order valence-electron chi connectivity index (χ2n) is 6.24. The molecule has 0 amide bonds. The third kappa shape index (κ3) is 1.91. The number of aromatic nitrogens is 2. The number of rotatable bonds is 3. The second-order valence-corrected chi connectivity index (χ2v) is 6.24. The summed E-state index contributed by atoms with van der Waals surface area (Å²) in [5, 5.41) is 4.20. The van der Waals surface area contributed by atoms with Gasteiger partial charge in [0.25, 0.3) is 0 Å². The maximum absolute atomic E-state index is 6.21. The van der Waals surface area contributed by atoms with Crippen LogP contribution in [0.4, 0.5) is 0 Å². The molecule has 3 rings (SSSR count). The van der Waals surface area contributed by atoms with Crippen molar-refractivity contribution in [1.29, 1.82) is 0 Å². The summed E-state index contributed by atoms with van der Waals surface area (Å²) >= 11 is 0. The van der Waals surface area contributed by atoms with Crippen LogP contribution in [0.2, 0.25) is 0 Å². The van der Waals surface area contributed by atoms with Crippen LogP contribution in [-0.4, -0.2) is 23.3 Å². The minimum atomic E-state index is -0.333. The monoisotopic (exact) mass is 265 g/mol. The largest absolute Gasteiger partial charge is 0.370 e. The van der Waals surface area contributed by atoms with Gasteiger partial charge >= 0.3 is 0 Å². The fourth-order valence-electron chi connectivity index (χ4n) is 3.56. The van der Waals surface area contributed by atoms with Crippen LogP contribution in [-0.2, 0) is 15.8 Å². The van der Waals surface area contributed by atoms with Crippen LogP contribution < -0.4 is 5.73 Å². The van der Waals surface area contributed by atoms with E-state index >= 15 is 0 Å². The highest BCUT2D eigenvalue weighted by Crippen LogP contribution is 2.43. The van der Waals surface area contributed by atoms with Crippen molar-refractivity contribution in [2.45, 2.75) is 68.9 Å². The van der Waals surface area contributed by atoms with E-state index in [0.29, 0.717) is 11.7 Å². The van der Waals surface area contributed by atoms with Gasteiger partial charge in [0, 0.05) is 13.2 Å². The van der Waals surface area contributed by atoms with E-state index in [0.717, 1.165) is 44.9 Å². The Bertz CT molecular complexity index is 434. The first-order chi connectivity index (χ1) is 9.11. The van der Waals surface area contributed by atoms with Gasteiger partial charge in [-0.25, -0.2) is 0 Å². The summed E-state index contributed by atoms with van der Waals surface area (Å²) in [6.45, 7) is 2.14. The zero-order valence-electron chi connectivity index (χ0n) is 11.8. The molecule has 0 aliphatic heterocycles. The minimum Gasteiger partial charge on any atom is -0.370 e. The van der Waals surface area contributed by atoms with E-state index in [1.165, 1.54) is 0 Å². The molecule has 0 saturated heterocycles. The summed E-state index contributed by atoms with van der Waals surface area (Å²) in [5.41, 5.74) is 5.71. The minimum absolute atomic E-state index is 0.114. The van der Waals surface area contributed by atoms with Crippen molar-refractivity contribution < 1.29 is 9.26 Å². The molecule has 19 heavy (non-hydrogen) atoms. The van der Waals surface area contributed by atoms with Crippen molar-refractivity contribution in [2.24, 2.45) is 5.73 Å². The summed E-state index contributed by atoms with van der Waals surface area (Å²) < 4.78 is 11.2. The van der Waals surface area contributed by atoms with Gasteiger partial charge in [-0.3, -0.25) is 0 Å². The van der Waals surface area contributed by atoms with E-state index in [2.05, 4.69) is 17.1 Å². The second kappa shape index (κ2) is 4.56. The predicted molar refractivity (Wildman–Crippen MR) is 70.6 cm³/mol. The molecule has 2 fully saturated rings. The molecule has 0 spiro atoms. The van der Waals surface area contributed by atoms with E-state index in [4.69, 9.17) is 15.0 Å². The lowest BCUT2D eigenvalue weighted by Crippen LogP contribution is -2.38. The fourth-order valence-corrected chi connectivity index (χ4v) is 3.56. The van der Waals surface area contributed by atoms with Gasteiger partial charge in [-0.15, -0.1) is 0 Å². The molecule has 2 saturated carbocycles. The quantitative estimate of drug-likeness (QED) is 0.907. The summed E-state index contributed by atoms with van der Waals surface area (Å²) in [6.07, 6.45) is 7.46. The molecule has 5 heteroatoms. The van der Waals surface area contributed by atoms with Gasteiger partial charge in [-0.2, -0.15) is 4.98 Å². The first kappa shape index (κ1) is 13.1. The molecular weight excluding hydrogens is 242 g/mol. The van der Waals surface area contributed by atoms with E-state index in [9.17, 15) is 0 Å². The highest BCUT2D eigenvalue weighted by molar-refractivity contribution is 5.14. The molecule has 1 aromatic rings. The number of hydrogen-bond donors (Lipinski definition) is 1. The predicted octanol–water partition coefficient (Wildman–Crippen LogP) is 2.25. The van der Waals surface area contributed by atoms with Crippen LogP contribution in [0.3, 0.4) is 0 Å². The topological polar surface area (TPSA) is 74.2 Å². The molecule has 5 nitrogen and oxygen atoms in total. The maximum Gasteiger partial charge on any atom is 0.234 e. The van der Waals surface area contributed by atoms with Gasteiger partial charge in [-0.05, 0) is 45.4 Å². The molecule has 0 aromatic carbocycles. The molecule has 106 valence electrons. The average Bonchev–Trinajstić information content (AvgIpc) is 3.11. The van der Waals surface area contributed by atoms with E-state index in [-0.39, 0.29) is 17.1 Å². The van der Waals surface area contributed by atoms with Gasteiger partial charge in [0.05, 0.1) is 5.41 Å². The van der Waals surface area contributed by atoms with Gasteiger partial charge in [0.15, 0.2) is 0 Å². The third-order valence-corrected chi connectivity index (χ3v) is 5.15. The summed E-state index contributed by atoms with van der Waals surface area (Å²) in [5.74, 6) is 1.40. The summed E-state index contributed by atoms with van der Waals surface area (Å²) in [7, 11) is 1.74. The first-order valence-electron chi connectivity index (χ1n) is 7.26. The van der Waals surface area contributed by atoms with Gasteiger partial charge < -0.3 is 15.0 Å². The highest BCUT2D eigenvalue weighted by atomic mass is 16.5. The molecule has 1 aromatic heterocycles. The maximum atomic E-state index is 6.21. The molecule has 2 aliphatic rings. The molecule has 1 heterocycles. The molecular formula is C14H23N3O2. The van der Waals surface area contributed by atoms with Crippen LogP contribution in [0, 0.1) is 0 Å². The fraction of sp³-hybridized carbons (Fsp3) is 0.857. The molecule has 0 radical (unpaired) electrons. The Balaban J connectivity index is 1.91. The molecule has 2 aliphatic carbocycles. The van der Waals surface area contributed by atoms with Crippen LogP contribution in [0.1, 0.15) is 63.6 Å². The lowest BCUT2D eigenvalue weighted by atomic mass is 9.85. The molecule has 2 atom stereocenters. The highest BCUT2D eigenvalue weighted by Gasteiger charge is 2.45. The van der Waals surface area contributed by atoms with Crippen molar-refractivity contribution in [2.75, 3.05) is 7.11 Å². The van der Waals surface area contributed by atoms with E-state index in [1.807, 2.05) is 0 Å². The molecule has 0 bridgehead atoms. The van der Waals surface area contributed by atoms with Crippen molar-refractivity contribution >= 4 is 0 Å². The van der Waals surface area contributed by atoms with E-state index < -0.39 is 0 Å². The number of methoxy groups -OCH3 is 1. The third-order valence-electron chi connectivity index (χ3n) is 5.15. The van der Waals surface area contributed by atoms with Crippen LogP contribution in [0.25, 0.3) is 0 Å². The Morgan fingerprint density at radius 1 is 1.26 bits per heavy atom. The Morgan fingerprint density at radius 3 is 2.58 bits per heavy atom. The lowest BCUT2D eigenvalue weighted by molar-refractivity contribution is -0.0178. The Morgan fingerprint density at radius 2 is 2.00 bits per heavy atom. The van der Waals surface area contributed by atoms with E-state index in [1.54, 1.807) is 7.11 Å².